The van der Waals surface area contributed by atoms with Crippen LogP contribution in [0.15, 0.2) is 53.9 Å². The lowest BCUT2D eigenvalue weighted by Gasteiger charge is -1.99. The Morgan fingerprint density at radius 2 is 1.88 bits per heavy atom. The second kappa shape index (κ2) is 6.70. The van der Waals surface area contributed by atoms with Crippen molar-refractivity contribution in [2.75, 3.05) is 5.32 Å². The third kappa shape index (κ3) is 3.57. The van der Waals surface area contributed by atoms with Crippen molar-refractivity contribution in [2.45, 2.75) is 6.42 Å². The highest BCUT2D eigenvalue weighted by molar-refractivity contribution is 7.22. The van der Waals surface area contributed by atoms with Gasteiger partial charge in [0.1, 0.15) is 10.8 Å². The van der Waals surface area contributed by atoms with Crippen molar-refractivity contribution in [1.29, 1.82) is 0 Å². The Morgan fingerprint density at radius 1 is 1.08 bits per heavy atom. The zero-order valence-electron chi connectivity index (χ0n) is 12.9. The number of anilines is 1. The van der Waals surface area contributed by atoms with E-state index in [1.165, 1.54) is 34.8 Å². The fourth-order valence-electron chi connectivity index (χ4n) is 2.37. The van der Waals surface area contributed by atoms with Gasteiger partial charge in [0.05, 0.1) is 22.3 Å². The topological polar surface area (TPSA) is 54.9 Å². The molecule has 0 bridgehead atoms. The Kier molecular flexibility index (Phi) is 4.25. The molecule has 4 aromatic rings. The Balaban J connectivity index is 1.45. The first-order valence-electron chi connectivity index (χ1n) is 7.53. The molecule has 0 unspecified atom stereocenters. The molecule has 0 aliphatic heterocycles. The molecule has 0 aliphatic carbocycles. The standard InChI is InChI=1S/C18H12FN3OS2/c19-12-7-5-11(6-8-12)17-20-13(10-24-17)9-16(23)22-18-21-14-3-1-2-4-15(14)25-18/h1-8,10H,9H2,(H,21,22,23). The van der Waals surface area contributed by atoms with Crippen LogP contribution in [-0.2, 0) is 11.2 Å². The van der Waals surface area contributed by atoms with Crippen molar-refractivity contribution in [1.82, 2.24) is 9.97 Å². The van der Waals surface area contributed by atoms with E-state index in [1.807, 2.05) is 29.6 Å². The minimum absolute atomic E-state index is 0.157. The predicted molar refractivity (Wildman–Crippen MR) is 99.5 cm³/mol. The van der Waals surface area contributed by atoms with E-state index in [2.05, 4.69) is 15.3 Å². The summed E-state index contributed by atoms with van der Waals surface area (Å²) in [5, 5.41) is 6.01. The van der Waals surface area contributed by atoms with Crippen LogP contribution >= 0.6 is 22.7 Å². The molecule has 0 saturated carbocycles. The van der Waals surface area contributed by atoms with E-state index in [4.69, 9.17) is 0 Å². The fourth-order valence-corrected chi connectivity index (χ4v) is 4.07. The minimum atomic E-state index is -0.282. The van der Waals surface area contributed by atoms with Crippen molar-refractivity contribution in [3.63, 3.8) is 0 Å². The number of amides is 1. The second-order valence-electron chi connectivity index (χ2n) is 5.36. The van der Waals surface area contributed by atoms with Gasteiger partial charge in [-0.2, -0.15) is 0 Å². The molecule has 124 valence electrons. The van der Waals surface area contributed by atoms with Gasteiger partial charge in [0.25, 0.3) is 0 Å². The van der Waals surface area contributed by atoms with Gasteiger partial charge in [0.15, 0.2) is 5.13 Å². The number of carbonyl (C=O) groups excluding carboxylic acids is 1. The van der Waals surface area contributed by atoms with E-state index in [0.717, 1.165) is 20.8 Å². The first-order valence-corrected chi connectivity index (χ1v) is 9.23. The van der Waals surface area contributed by atoms with E-state index < -0.39 is 0 Å². The lowest BCUT2D eigenvalue weighted by atomic mass is 10.2. The molecule has 2 heterocycles. The molecule has 2 aromatic heterocycles. The molecule has 0 saturated heterocycles. The first kappa shape index (κ1) is 15.9. The maximum atomic E-state index is 13.0. The maximum absolute atomic E-state index is 13.0. The zero-order valence-corrected chi connectivity index (χ0v) is 14.5. The molecular formula is C18H12FN3OS2. The lowest BCUT2D eigenvalue weighted by molar-refractivity contribution is -0.115. The third-order valence-electron chi connectivity index (χ3n) is 3.52. The van der Waals surface area contributed by atoms with Crippen LogP contribution in [0.5, 0.6) is 0 Å². The molecule has 25 heavy (non-hydrogen) atoms. The van der Waals surface area contributed by atoms with Crippen LogP contribution in [0, 0.1) is 5.82 Å². The molecule has 0 radical (unpaired) electrons. The van der Waals surface area contributed by atoms with E-state index >= 15 is 0 Å². The number of hydrogen-bond acceptors (Lipinski definition) is 5. The van der Waals surface area contributed by atoms with E-state index in [9.17, 15) is 9.18 Å². The Bertz CT molecular complexity index is 1010. The van der Waals surface area contributed by atoms with Crippen LogP contribution in [0.3, 0.4) is 0 Å². The molecule has 4 nitrogen and oxygen atoms in total. The Morgan fingerprint density at radius 3 is 2.68 bits per heavy atom. The second-order valence-corrected chi connectivity index (χ2v) is 7.25. The van der Waals surface area contributed by atoms with E-state index in [0.29, 0.717) is 10.8 Å². The van der Waals surface area contributed by atoms with Crippen LogP contribution in [0.1, 0.15) is 5.69 Å². The lowest BCUT2D eigenvalue weighted by Crippen LogP contribution is -2.14. The molecule has 1 amide bonds. The van der Waals surface area contributed by atoms with Gasteiger partial charge < -0.3 is 5.32 Å². The summed E-state index contributed by atoms with van der Waals surface area (Å²) < 4.78 is 14.0. The van der Waals surface area contributed by atoms with Crippen LogP contribution in [0.4, 0.5) is 9.52 Å². The van der Waals surface area contributed by atoms with Gasteiger partial charge in [-0.1, -0.05) is 23.5 Å². The van der Waals surface area contributed by atoms with Crippen molar-refractivity contribution < 1.29 is 9.18 Å². The summed E-state index contributed by atoms with van der Waals surface area (Å²) >= 11 is 2.88. The molecule has 1 N–H and O–H groups in total. The molecule has 0 atom stereocenters. The van der Waals surface area contributed by atoms with Crippen LogP contribution < -0.4 is 5.32 Å². The highest BCUT2D eigenvalue weighted by Crippen LogP contribution is 2.26. The number of hydrogen-bond donors (Lipinski definition) is 1. The van der Waals surface area contributed by atoms with Gasteiger partial charge in [0.2, 0.25) is 5.91 Å². The van der Waals surface area contributed by atoms with Gasteiger partial charge in [-0.25, -0.2) is 14.4 Å². The normalized spacial score (nSPS) is 10.9. The summed E-state index contributed by atoms with van der Waals surface area (Å²) in [5.41, 5.74) is 2.39. The zero-order chi connectivity index (χ0) is 17.2. The van der Waals surface area contributed by atoms with Crippen molar-refractivity contribution in [3.05, 3.63) is 65.4 Å². The summed E-state index contributed by atoms with van der Waals surface area (Å²) in [6.07, 6.45) is 0.174. The Labute approximate surface area is 151 Å². The number of rotatable bonds is 4. The van der Waals surface area contributed by atoms with Gasteiger partial charge >= 0.3 is 0 Å². The Hall–Kier alpha value is -2.64. The summed E-state index contributed by atoms with van der Waals surface area (Å²) in [5.74, 6) is -0.439. The highest BCUT2D eigenvalue weighted by Gasteiger charge is 2.11. The van der Waals surface area contributed by atoms with E-state index in [-0.39, 0.29) is 18.1 Å². The summed E-state index contributed by atoms with van der Waals surface area (Å²) in [7, 11) is 0. The van der Waals surface area contributed by atoms with E-state index in [1.54, 1.807) is 12.1 Å². The largest absolute Gasteiger partial charge is 0.302 e. The summed E-state index contributed by atoms with van der Waals surface area (Å²) in [6.45, 7) is 0. The molecule has 2 aromatic carbocycles. The van der Waals surface area contributed by atoms with Crippen molar-refractivity contribution >= 4 is 43.9 Å². The van der Waals surface area contributed by atoms with Gasteiger partial charge in [-0.15, -0.1) is 11.3 Å². The minimum Gasteiger partial charge on any atom is -0.302 e. The van der Waals surface area contributed by atoms with Crippen molar-refractivity contribution in [2.24, 2.45) is 0 Å². The van der Waals surface area contributed by atoms with Gasteiger partial charge in [0, 0.05) is 10.9 Å². The molecule has 0 fully saturated rings. The number of thiazole rings is 2. The number of fused-ring (bicyclic) bond motifs is 1. The van der Waals surface area contributed by atoms with Crippen LogP contribution in [-0.4, -0.2) is 15.9 Å². The molecule has 7 heteroatoms. The average molecular weight is 369 g/mol. The fraction of sp³-hybridized carbons (Fsp3) is 0.0556. The molecule has 4 rings (SSSR count). The number of carbonyl (C=O) groups is 1. The first-order chi connectivity index (χ1) is 12.2. The van der Waals surface area contributed by atoms with Crippen molar-refractivity contribution in [3.8, 4) is 10.6 Å². The SMILES string of the molecule is O=C(Cc1csc(-c2ccc(F)cc2)n1)Nc1nc2ccccc2s1. The highest BCUT2D eigenvalue weighted by atomic mass is 32.1. The molecule has 0 spiro atoms. The average Bonchev–Trinajstić information content (AvgIpc) is 3.21. The molecule has 0 aliphatic rings. The van der Waals surface area contributed by atoms with Crippen LogP contribution in [0.25, 0.3) is 20.8 Å². The predicted octanol–water partition coefficient (Wildman–Crippen LogP) is 4.74. The number of benzene rings is 2. The summed E-state index contributed by atoms with van der Waals surface area (Å²) in [6, 6.07) is 13.9. The van der Waals surface area contributed by atoms with Gasteiger partial charge in [-0.05, 0) is 36.4 Å². The number of para-hydroxylation sites is 1. The van der Waals surface area contributed by atoms with Crippen LogP contribution in [0.2, 0.25) is 0 Å². The molecular weight excluding hydrogens is 357 g/mol. The monoisotopic (exact) mass is 369 g/mol. The maximum Gasteiger partial charge on any atom is 0.232 e. The number of nitrogens with one attached hydrogen (secondary N) is 1. The number of nitrogens with zero attached hydrogens (tertiary/aromatic N) is 2. The third-order valence-corrected chi connectivity index (χ3v) is 5.42. The van der Waals surface area contributed by atoms with Gasteiger partial charge in [-0.3, -0.25) is 4.79 Å². The summed E-state index contributed by atoms with van der Waals surface area (Å²) in [4.78, 5) is 21.1. The number of aromatic nitrogens is 2. The number of halogens is 1. The quantitative estimate of drug-likeness (QED) is 0.565. The smallest absolute Gasteiger partial charge is 0.232 e.